The molecule has 0 unspecified atom stereocenters. The minimum atomic E-state index is 0.421. The summed E-state index contributed by atoms with van der Waals surface area (Å²) in [5, 5.41) is 0. The van der Waals surface area contributed by atoms with Gasteiger partial charge in [0, 0.05) is 26.2 Å². The number of hydrogen-bond donors (Lipinski definition) is 0. The third-order valence-corrected chi connectivity index (χ3v) is 3.25. The van der Waals surface area contributed by atoms with Gasteiger partial charge < -0.3 is 0 Å². The van der Waals surface area contributed by atoms with E-state index < -0.39 is 0 Å². The molecule has 0 aromatic heterocycles. The smallest absolute Gasteiger partial charge is 0.126 e. The largest absolute Gasteiger partial charge is 0.278 e. The molecule has 2 aliphatic heterocycles. The molecule has 0 amide bonds. The van der Waals surface area contributed by atoms with Crippen LogP contribution in [0.15, 0.2) is 0 Å². The van der Waals surface area contributed by atoms with Crippen LogP contribution in [0.2, 0.25) is 0 Å². The predicted octanol–water partition coefficient (Wildman–Crippen LogP) is 1.53. The zero-order valence-corrected chi connectivity index (χ0v) is 9.13. The maximum Gasteiger partial charge on any atom is 0.126 e. The van der Waals surface area contributed by atoms with E-state index in [4.69, 9.17) is 0 Å². The van der Waals surface area contributed by atoms with E-state index in [-0.39, 0.29) is 0 Å². The zero-order chi connectivity index (χ0) is 9.80. The molecule has 0 N–H and O–H groups in total. The van der Waals surface area contributed by atoms with E-state index in [2.05, 4.69) is 21.6 Å². The Morgan fingerprint density at radius 2 is 1.29 bits per heavy atom. The molecular formula is C12H20N2. The van der Waals surface area contributed by atoms with Crippen molar-refractivity contribution in [1.29, 1.82) is 0 Å². The highest BCUT2D eigenvalue weighted by atomic mass is 15.4. The maximum atomic E-state index is 3.37. The van der Waals surface area contributed by atoms with Gasteiger partial charge in [0.1, 0.15) is 6.17 Å². The minimum Gasteiger partial charge on any atom is -0.278 e. The number of likely N-dealkylation sites (tertiary alicyclic amines) is 2. The van der Waals surface area contributed by atoms with Crippen molar-refractivity contribution in [3.63, 3.8) is 0 Å². The molecule has 0 radical (unpaired) electrons. The monoisotopic (exact) mass is 192 g/mol. The Hall–Kier alpha value is -0.520. The van der Waals surface area contributed by atoms with Gasteiger partial charge in [0.15, 0.2) is 0 Å². The zero-order valence-electron chi connectivity index (χ0n) is 9.13. The molecule has 0 aromatic carbocycles. The number of nitrogens with zero attached hydrogens (tertiary/aromatic N) is 2. The number of hydrogen-bond acceptors (Lipinski definition) is 2. The highest BCUT2D eigenvalue weighted by Crippen LogP contribution is 2.18. The van der Waals surface area contributed by atoms with Crippen LogP contribution < -0.4 is 0 Å². The molecule has 2 heterocycles. The van der Waals surface area contributed by atoms with Gasteiger partial charge in [-0.3, -0.25) is 9.80 Å². The summed E-state index contributed by atoms with van der Waals surface area (Å²) in [7, 11) is 0. The molecule has 0 aliphatic carbocycles. The molecule has 14 heavy (non-hydrogen) atoms. The molecule has 2 fully saturated rings. The molecule has 0 atom stereocenters. The summed E-state index contributed by atoms with van der Waals surface area (Å²) >= 11 is 0. The number of rotatable bonds is 2. The molecule has 2 heteroatoms. The van der Waals surface area contributed by atoms with Gasteiger partial charge in [0.25, 0.3) is 0 Å². The van der Waals surface area contributed by atoms with Crippen LogP contribution in [0.3, 0.4) is 0 Å². The fraction of sp³-hybridized carbons (Fsp3) is 0.833. The van der Waals surface area contributed by atoms with Gasteiger partial charge in [-0.1, -0.05) is 5.92 Å². The molecule has 2 rings (SSSR count). The van der Waals surface area contributed by atoms with Crippen molar-refractivity contribution in [3.8, 4) is 11.8 Å². The molecule has 2 saturated heterocycles. The lowest BCUT2D eigenvalue weighted by atomic mass is 10.3. The van der Waals surface area contributed by atoms with Gasteiger partial charge in [0.2, 0.25) is 0 Å². The first-order valence-electron chi connectivity index (χ1n) is 5.82. The molecular weight excluding hydrogens is 172 g/mol. The summed E-state index contributed by atoms with van der Waals surface area (Å²) in [4.78, 5) is 5.09. The van der Waals surface area contributed by atoms with Crippen LogP contribution in [-0.4, -0.2) is 42.1 Å². The first-order valence-corrected chi connectivity index (χ1v) is 5.82. The van der Waals surface area contributed by atoms with Gasteiger partial charge >= 0.3 is 0 Å². The Kier molecular flexibility index (Phi) is 3.44. The summed E-state index contributed by atoms with van der Waals surface area (Å²) in [6, 6.07) is 0. The van der Waals surface area contributed by atoms with Crippen LogP contribution in [-0.2, 0) is 0 Å². The lowest BCUT2D eigenvalue weighted by Crippen LogP contribution is -2.44. The van der Waals surface area contributed by atoms with Crippen molar-refractivity contribution < 1.29 is 0 Å². The molecule has 0 bridgehead atoms. The van der Waals surface area contributed by atoms with Gasteiger partial charge in [-0.2, -0.15) is 0 Å². The molecule has 0 aromatic rings. The van der Waals surface area contributed by atoms with Crippen molar-refractivity contribution in [3.05, 3.63) is 0 Å². The molecule has 0 spiro atoms. The SMILES string of the molecule is CC#CC(N1CCCC1)N1CCCC1. The van der Waals surface area contributed by atoms with Crippen molar-refractivity contribution >= 4 is 0 Å². The molecule has 0 saturated carbocycles. The first-order chi connectivity index (χ1) is 6.92. The lowest BCUT2D eigenvalue weighted by Gasteiger charge is -2.30. The van der Waals surface area contributed by atoms with E-state index >= 15 is 0 Å². The Labute approximate surface area is 87.3 Å². The van der Waals surface area contributed by atoms with E-state index in [1.807, 2.05) is 6.92 Å². The molecule has 2 nitrogen and oxygen atoms in total. The quantitative estimate of drug-likeness (QED) is 0.612. The average Bonchev–Trinajstić information content (AvgIpc) is 2.87. The van der Waals surface area contributed by atoms with Crippen LogP contribution in [0.4, 0.5) is 0 Å². The van der Waals surface area contributed by atoms with Crippen LogP contribution in [0, 0.1) is 11.8 Å². The fourth-order valence-corrected chi connectivity index (χ4v) is 2.51. The van der Waals surface area contributed by atoms with Crippen LogP contribution >= 0.6 is 0 Å². The fourth-order valence-electron chi connectivity index (χ4n) is 2.51. The summed E-state index contributed by atoms with van der Waals surface area (Å²) in [6.45, 7) is 6.94. The third kappa shape index (κ3) is 2.10. The van der Waals surface area contributed by atoms with Crippen LogP contribution in [0.5, 0.6) is 0 Å². The van der Waals surface area contributed by atoms with E-state index in [1.165, 1.54) is 51.9 Å². The summed E-state index contributed by atoms with van der Waals surface area (Å²) in [5.74, 6) is 6.46. The molecule has 2 aliphatic rings. The van der Waals surface area contributed by atoms with Gasteiger partial charge in [-0.15, -0.1) is 5.92 Å². The lowest BCUT2D eigenvalue weighted by molar-refractivity contribution is 0.126. The highest BCUT2D eigenvalue weighted by molar-refractivity contribution is 5.07. The van der Waals surface area contributed by atoms with Gasteiger partial charge in [0.05, 0.1) is 0 Å². The normalized spacial score (nSPS) is 24.1. The van der Waals surface area contributed by atoms with E-state index in [0.29, 0.717) is 6.17 Å². The standard InChI is InChI=1S/C12H20N2/c1-2-7-12(13-8-3-4-9-13)14-10-5-6-11-14/h12H,3-6,8-11H2,1H3. The van der Waals surface area contributed by atoms with E-state index in [0.717, 1.165) is 0 Å². The maximum absolute atomic E-state index is 3.37. The van der Waals surface area contributed by atoms with Crippen molar-refractivity contribution in [1.82, 2.24) is 9.80 Å². The van der Waals surface area contributed by atoms with Gasteiger partial charge in [-0.05, 0) is 32.6 Å². The average molecular weight is 192 g/mol. The van der Waals surface area contributed by atoms with E-state index in [9.17, 15) is 0 Å². The van der Waals surface area contributed by atoms with Crippen molar-refractivity contribution in [2.45, 2.75) is 38.8 Å². The minimum absolute atomic E-state index is 0.421. The van der Waals surface area contributed by atoms with Crippen LogP contribution in [0.1, 0.15) is 32.6 Å². The first kappa shape index (κ1) is 10.0. The second-order valence-electron chi connectivity index (χ2n) is 4.25. The topological polar surface area (TPSA) is 6.48 Å². The molecule has 78 valence electrons. The van der Waals surface area contributed by atoms with E-state index in [1.54, 1.807) is 0 Å². The van der Waals surface area contributed by atoms with Crippen molar-refractivity contribution in [2.75, 3.05) is 26.2 Å². The van der Waals surface area contributed by atoms with Crippen LogP contribution in [0.25, 0.3) is 0 Å². The highest BCUT2D eigenvalue weighted by Gasteiger charge is 2.27. The second kappa shape index (κ2) is 4.82. The Balaban J connectivity index is 2.00. The summed E-state index contributed by atoms with van der Waals surface area (Å²) in [5.41, 5.74) is 0. The Morgan fingerprint density at radius 3 is 1.64 bits per heavy atom. The summed E-state index contributed by atoms with van der Waals surface area (Å²) in [6.07, 6.45) is 5.85. The Bertz CT molecular complexity index is 210. The van der Waals surface area contributed by atoms with Gasteiger partial charge in [-0.25, -0.2) is 0 Å². The third-order valence-electron chi connectivity index (χ3n) is 3.25. The van der Waals surface area contributed by atoms with Crippen molar-refractivity contribution in [2.24, 2.45) is 0 Å². The second-order valence-corrected chi connectivity index (χ2v) is 4.25. The predicted molar refractivity (Wildman–Crippen MR) is 58.9 cm³/mol. The summed E-state index contributed by atoms with van der Waals surface area (Å²) < 4.78 is 0. The Morgan fingerprint density at radius 1 is 0.857 bits per heavy atom.